The van der Waals surface area contributed by atoms with Crippen LogP contribution >= 0.6 is 0 Å². The lowest BCUT2D eigenvalue weighted by Gasteiger charge is -2.34. The van der Waals surface area contributed by atoms with Gasteiger partial charge in [0.25, 0.3) is 0 Å². The summed E-state index contributed by atoms with van der Waals surface area (Å²) in [4.78, 5) is 29.9. The predicted octanol–water partition coefficient (Wildman–Crippen LogP) is 5.80. The number of H-pyrrole nitrogens is 1. The maximum atomic E-state index is 13.5. The van der Waals surface area contributed by atoms with Gasteiger partial charge in [0, 0.05) is 28.9 Å². The van der Waals surface area contributed by atoms with Crippen LogP contribution in [0.2, 0.25) is 0 Å². The number of nitrogens with one attached hydrogen (secondary N) is 1. The number of carboxylic acids is 1. The minimum atomic E-state index is -0.979. The molecule has 3 heterocycles. The second-order valence-corrected chi connectivity index (χ2v) is 8.69. The van der Waals surface area contributed by atoms with Crippen LogP contribution in [0.15, 0.2) is 89.4 Å². The number of carbonyl (C=O) groups excluding carboxylic acids is 1. The Kier molecular flexibility index (Phi) is 4.99. The lowest BCUT2D eigenvalue weighted by Crippen LogP contribution is -2.39. The first kappa shape index (κ1) is 21.0. The Labute approximate surface area is 201 Å². The normalized spacial score (nSPS) is 15.7. The van der Waals surface area contributed by atoms with E-state index in [0.29, 0.717) is 12.3 Å². The second-order valence-electron chi connectivity index (χ2n) is 8.69. The third kappa shape index (κ3) is 3.69. The Morgan fingerprint density at radius 1 is 1.00 bits per heavy atom. The number of aromatic nitrogens is 1. The van der Waals surface area contributed by atoms with Crippen molar-refractivity contribution in [3.05, 3.63) is 113 Å². The average molecular weight is 463 g/mol. The van der Waals surface area contributed by atoms with Crippen LogP contribution in [0.4, 0.5) is 0 Å². The predicted molar refractivity (Wildman–Crippen MR) is 134 cm³/mol. The van der Waals surface area contributed by atoms with Gasteiger partial charge in [0.05, 0.1) is 11.3 Å². The maximum absolute atomic E-state index is 13.5. The van der Waals surface area contributed by atoms with Gasteiger partial charge in [-0.15, -0.1) is 0 Å². The monoisotopic (exact) mass is 462 g/mol. The van der Waals surface area contributed by atoms with Crippen molar-refractivity contribution in [2.75, 3.05) is 6.54 Å². The fraction of sp³-hybridized carbons (Fsp3) is 0.103. The van der Waals surface area contributed by atoms with Crippen LogP contribution in [0.1, 0.15) is 39.0 Å². The molecule has 0 bridgehead atoms. The molecule has 0 spiro atoms. The summed E-state index contributed by atoms with van der Waals surface area (Å²) in [5.41, 5.74) is 4.98. The SMILES string of the molecule is O=C(O)c1ccc(C=CC(=O)N2CCc3c([nH]c4ccccc34)C2c2cc3ccccc3o2)cc1. The van der Waals surface area contributed by atoms with E-state index in [-0.39, 0.29) is 17.5 Å². The van der Waals surface area contributed by atoms with Crippen LogP contribution in [0, 0.1) is 0 Å². The topological polar surface area (TPSA) is 86.5 Å². The summed E-state index contributed by atoms with van der Waals surface area (Å²) < 4.78 is 6.25. The van der Waals surface area contributed by atoms with Gasteiger partial charge in [-0.2, -0.15) is 0 Å². The Morgan fingerprint density at radius 3 is 2.57 bits per heavy atom. The van der Waals surface area contributed by atoms with Gasteiger partial charge in [0.15, 0.2) is 0 Å². The summed E-state index contributed by atoms with van der Waals surface area (Å²) in [5.74, 6) is -0.402. The van der Waals surface area contributed by atoms with E-state index in [1.807, 2.05) is 47.4 Å². The fourth-order valence-electron chi connectivity index (χ4n) is 4.91. The van der Waals surface area contributed by atoms with E-state index in [4.69, 9.17) is 9.52 Å². The van der Waals surface area contributed by atoms with Crippen LogP contribution in [-0.4, -0.2) is 33.4 Å². The quantitative estimate of drug-likeness (QED) is 0.331. The van der Waals surface area contributed by atoms with Crippen LogP contribution in [0.3, 0.4) is 0 Å². The molecule has 1 unspecified atom stereocenters. The molecular weight excluding hydrogens is 440 g/mol. The Balaban J connectivity index is 1.40. The summed E-state index contributed by atoms with van der Waals surface area (Å²) in [6.07, 6.45) is 3.99. The van der Waals surface area contributed by atoms with E-state index < -0.39 is 5.97 Å². The molecule has 1 amide bonds. The molecule has 3 aromatic carbocycles. The Hall–Kier alpha value is -4.58. The molecule has 172 valence electrons. The zero-order valence-corrected chi connectivity index (χ0v) is 18.8. The van der Waals surface area contributed by atoms with Crippen molar-refractivity contribution in [1.82, 2.24) is 9.88 Å². The van der Waals surface area contributed by atoms with Crippen molar-refractivity contribution in [3.63, 3.8) is 0 Å². The number of hydrogen-bond acceptors (Lipinski definition) is 3. The highest BCUT2D eigenvalue weighted by Crippen LogP contribution is 2.40. The van der Waals surface area contributed by atoms with Gasteiger partial charge >= 0.3 is 5.97 Å². The molecule has 0 saturated heterocycles. The lowest BCUT2D eigenvalue weighted by molar-refractivity contribution is -0.128. The zero-order valence-electron chi connectivity index (χ0n) is 18.8. The van der Waals surface area contributed by atoms with E-state index in [9.17, 15) is 9.59 Å². The molecule has 1 aliphatic rings. The number of amides is 1. The number of nitrogens with zero attached hydrogens (tertiary/aromatic N) is 1. The highest BCUT2D eigenvalue weighted by molar-refractivity contribution is 5.94. The Bertz CT molecular complexity index is 1570. The molecule has 6 heteroatoms. The van der Waals surface area contributed by atoms with Crippen LogP contribution in [0.25, 0.3) is 27.9 Å². The molecule has 0 radical (unpaired) electrons. The fourth-order valence-corrected chi connectivity index (χ4v) is 4.91. The highest BCUT2D eigenvalue weighted by atomic mass is 16.4. The van der Waals surface area contributed by atoms with Gasteiger partial charge in [-0.3, -0.25) is 4.79 Å². The molecule has 0 saturated carbocycles. The molecule has 1 atom stereocenters. The molecule has 2 N–H and O–H groups in total. The van der Waals surface area contributed by atoms with Crippen molar-refractivity contribution in [1.29, 1.82) is 0 Å². The molecule has 2 aromatic heterocycles. The van der Waals surface area contributed by atoms with Crippen LogP contribution < -0.4 is 0 Å². The highest BCUT2D eigenvalue weighted by Gasteiger charge is 2.35. The number of para-hydroxylation sites is 2. The summed E-state index contributed by atoms with van der Waals surface area (Å²) in [5, 5.41) is 11.3. The van der Waals surface area contributed by atoms with Gasteiger partial charge in [0.1, 0.15) is 17.4 Å². The number of rotatable bonds is 4. The van der Waals surface area contributed by atoms with Crippen molar-refractivity contribution >= 4 is 39.8 Å². The van der Waals surface area contributed by atoms with E-state index in [1.165, 1.54) is 23.1 Å². The number of carboxylic acid groups (broad SMARTS) is 1. The lowest BCUT2D eigenvalue weighted by atomic mass is 9.95. The summed E-state index contributed by atoms with van der Waals surface area (Å²) in [6, 6.07) is 24.1. The number of benzene rings is 3. The van der Waals surface area contributed by atoms with Gasteiger partial charge in [-0.05, 0) is 54.0 Å². The van der Waals surface area contributed by atoms with Gasteiger partial charge < -0.3 is 19.4 Å². The van der Waals surface area contributed by atoms with Gasteiger partial charge in [-0.25, -0.2) is 4.79 Å². The number of carbonyl (C=O) groups is 2. The van der Waals surface area contributed by atoms with Crippen molar-refractivity contribution in [3.8, 4) is 0 Å². The third-order valence-electron chi connectivity index (χ3n) is 6.61. The third-order valence-corrected chi connectivity index (χ3v) is 6.61. The molecule has 6 nitrogen and oxygen atoms in total. The van der Waals surface area contributed by atoms with E-state index >= 15 is 0 Å². The summed E-state index contributed by atoms with van der Waals surface area (Å²) in [7, 11) is 0. The van der Waals surface area contributed by atoms with Crippen molar-refractivity contribution in [2.24, 2.45) is 0 Å². The molecule has 6 rings (SSSR count). The van der Waals surface area contributed by atoms with E-state index in [2.05, 4.69) is 17.1 Å². The van der Waals surface area contributed by atoms with Gasteiger partial charge in [-0.1, -0.05) is 48.5 Å². The minimum absolute atomic E-state index is 0.137. The molecule has 35 heavy (non-hydrogen) atoms. The average Bonchev–Trinajstić information content (AvgIpc) is 3.48. The van der Waals surface area contributed by atoms with E-state index in [0.717, 1.165) is 34.2 Å². The molecule has 0 fully saturated rings. The molecule has 5 aromatic rings. The van der Waals surface area contributed by atoms with Gasteiger partial charge in [0.2, 0.25) is 5.91 Å². The van der Waals surface area contributed by atoms with Crippen LogP contribution in [0.5, 0.6) is 0 Å². The molecule has 0 aliphatic carbocycles. The smallest absolute Gasteiger partial charge is 0.335 e. The number of furan rings is 1. The maximum Gasteiger partial charge on any atom is 0.335 e. The van der Waals surface area contributed by atoms with Crippen LogP contribution in [-0.2, 0) is 11.2 Å². The number of hydrogen-bond donors (Lipinski definition) is 2. The zero-order chi connectivity index (χ0) is 23.9. The number of aromatic carboxylic acids is 1. The van der Waals surface area contributed by atoms with E-state index in [1.54, 1.807) is 24.3 Å². The number of fused-ring (bicyclic) bond motifs is 4. The number of aromatic amines is 1. The van der Waals surface area contributed by atoms with Crippen molar-refractivity contribution < 1.29 is 19.1 Å². The summed E-state index contributed by atoms with van der Waals surface area (Å²) in [6.45, 7) is 0.553. The first-order valence-electron chi connectivity index (χ1n) is 11.5. The Morgan fingerprint density at radius 2 is 1.77 bits per heavy atom. The standard InChI is InChI=1S/C29H22N2O4/c32-26(14-11-18-9-12-19(13-10-18)29(33)34)31-16-15-22-21-6-2-3-7-23(21)30-27(22)28(31)25-17-20-5-1-4-8-24(20)35-25/h1-14,17,28,30H,15-16H2,(H,33,34). The molecule has 1 aliphatic heterocycles. The largest absolute Gasteiger partial charge is 0.478 e. The first-order chi connectivity index (χ1) is 17.1. The first-order valence-corrected chi connectivity index (χ1v) is 11.5. The molecular formula is C29H22N2O4. The minimum Gasteiger partial charge on any atom is -0.478 e. The van der Waals surface area contributed by atoms with Crippen molar-refractivity contribution in [2.45, 2.75) is 12.5 Å². The summed E-state index contributed by atoms with van der Waals surface area (Å²) >= 11 is 0. The second kappa shape index (κ2) is 8.33.